The zero-order valence-electron chi connectivity index (χ0n) is 13.1. The second-order valence-electron chi connectivity index (χ2n) is 5.69. The summed E-state index contributed by atoms with van der Waals surface area (Å²) < 4.78 is 0. The number of thiazole rings is 1. The number of imidazole rings is 1. The number of carbonyl (C=O) groups excluding carboxylic acids is 1. The van der Waals surface area contributed by atoms with Crippen LogP contribution in [0.15, 0.2) is 6.33 Å². The fourth-order valence-electron chi connectivity index (χ4n) is 3.04. The molecule has 0 bridgehead atoms. The number of aryl methyl sites for hydroxylation is 3. The lowest BCUT2D eigenvalue weighted by Crippen LogP contribution is -2.24. The average molecular weight is 318 g/mol. The summed E-state index contributed by atoms with van der Waals surface area (Å²) in [5, 5.41) is 3.74. The lowest BCUT2D eigenvalue weighted by molar-refractivity contribution is -0.118. The first-order chi connectivity index (χ1) is 10.7. The topological polar surface area (TPSA) is 70.7 Å². The number of anilines is 1. The number of H-pyrrole nitrogens is 1. The Morgan fingerprint density at radius 1 is 1.50 bits per heavy atom. The number of rotatable bonds is 5. The van der Waals surface area contributed by atoms with Crippen molar-refractivity contribution in [2.24, 2.45) is 0 Å². The molecule has 22 heavy (non-hydrogen) atoms. The van der Waals surface area contributed by atoms with Crippen LogP contribution in [0.25, 0.3) is 0 Å². The summed E-state index contributed by atoms with van der Waals surface area (Å²) in [4.78, 5) is 26.0. The molecule has 6 heteroatoms. The van der Waals surface area contributed by atoms with Crippen LogP contribution in [-0.2, 0) is 24.1 Å². The predicted molar refractivity (Wildman–Crippen MR) is 88.4 cm³/mol. The number of nitrogens with one attached hydrogen (secondary N) is 2. The van der Waals surface area contributed by atoms with Crippen LogP contribution < -0.4 is 5.32 Å². The standard InChI is InChI=1S/C16H22N4OS/c1-3-6-11-13(4-2)22-16(19-11)20-15(21)10-7-5-8-12-14(10)18-9-17-12/h9-10H,3-8H2,1-2H3,(H,17,18)(H,19,20,21). The highest BCUT2D eigenvalue weighted by atomic mass is 32.1. The molecule has 118 valence electrons. The summed E-state index contributed by atoms with van der Waals surface area (Å²) in [6.45, 7) is 4.29. The van der Waals surface area contributed by atoms with Gasteiger partial charge >= 0.3 is 0 Å². The monoisotopic (exact) mass is 318 g/mol. The number of hydrogen-bond donors (Lipinski definition) is 2. The van der Waals surface area contributed by atoms with Crippen LogP contribution in [0.4, 0.5) is 5.13 Å². The highest BCUT2D eigenvalue weighted by Gasteiger charge is 2.29. The van der Waals surface area contributed by atoms with Crippen molar-refractivity contribution < 1.29 is 4.79 Å². The summed E-state index contributed by atoms with van der Waals surface area (Å²) >= 11 is 1.60. The smallest absolute Gasteiger partial charge is 0.235 e. The van der Waals surface area contributed by atoms with Gasteiger partial charge < -0.3 is 10.3 Å². The molecule has 0 saturated carbocycles. The minimum Gasteiger partial charge on any atom is -0.348 e. The Labute approximate surface area is 134 Å². The van der Waals surface area contributed by atoms with Crippen LogP contribution in [0, 0.1) is 0 Å². The Morgan fingerprint density at radius 2 is 2.36 bits per heavy atom. The molecule has 0 fully saturated rings. The summed E-state index contributed by atoms with van der Waals surface area (Å²) in [5.74, 6) is -0.133. The number of fused-ring (bicyclic) bond motifs is 1. The summed E-state index contributed by atoms with van der Waals surface area (Å²) in [5.41, 5.74) is 3.14. The number of aromatic amines is 1. The van der Waals surface area contributed by atoms with Gasteiger partial charge in [0.05, 0.1) is 23.6 Å². The number of aromatic nitrogens is 3. The largest absolute Gasteiger partial charge is 0.348 e. The van der Waals surface area contributed by atoms with E-state index in [9.17, 15) is 4.79 Å². The highest BCUT2D eigenvalue weighted by Crippen LogP contribution is 2.31. The first kappa shape index (κ1) is 15.2. The second kappa shape index (κ2) is 6.60. The number of amides is 1. The van der Waals surface area contributed by atoms with Crippen LogP contribution in [0.5, 0.6) is 0 Å². The van der Waals surface area contributed by atoms with Crippen LogP contribution in [-0.4, -0.2) is 20.9 Å². The van der Waals surface area contributed by atoms with Gasteiger partial charge in [0.15, 0.2) is 5.13 Å². The second-order valence-corrected chi connectivity index (χ2v) is 6.78. The number of nitrogens with zero attached hydrogens (tertiary/aromatic N) is 2. The number of hydrogen-bond acceptors (Lipinski definition) is 4. The molecule has 2 N–H and O–H groups in total. The van der Waals surface area contributed by atoms with Crippen molar-refractivity contribution in [3.8, 4) is 0 Å². The molecule has 2 aromatic heterocycles. The van der Waals surface area contributed by atoms with Gasteiger partial charge in [-0.3, -0.25) is 4.79 Å². The SMILES string of the molecule is CCCc1nc(NC(=O)C2CCCc3[nH]cnc32)sc1CC. The van der Waals surface area contributed by atoms with E-state index in [0.29, 0.717) is 0 Å². The van der Waals surface area contributed by atoms with Crippen LogP contribution in [0.1, 0.15) is 61.0 Å². The molecule has 1 amide bonds. The molecular weight excluding hydrogens is 296 g/mol. The fraction of sp³-hybridized carbons (Fsp3) is 0.562. The Hall–Kier alpha value is -1.69. The molecule has 1 aliphatic rings. The van der Waals surface area contributed by atoms with E-state index in [-0.39, 0.29) is 11.8 Å². The fourth-order valence-corrected chi connectivity index (χ4v) is 4.00. The van der Waals surface area contributed by atoms with Gasteiger partial charge in [-0.05, 0) is 32.1 Å². The third kappa shape index (κ3) is 2.92. The van der Waals surface area contributed by atoms with E-state index in [1.165, 1.54) is 4.88 Å². The molecule has 1 unspecified atom stereocenters. The van der Waals surface area contributed by atoms with Crippen LogP contribution >= 0.6 is 11.3 Å². The summed E-state index contributed by atoms with van der Waals surface area (Å²) in [6, 6.07) is 0. The first-order valence-corrected chi connectivity index (χ1v) is 8.86. The molecule has 0 spiro atoms. The Morgan fingerprint density at radius 3 is 3.14 bits per heavy atom. The molecular formula is C16H22N4OS. The minimum atomic E-state index is -0.154. The van der Waals surface area contributed by atoms with Crippen molar-refractivity contribution in [3.05, 3.63) is 28.3 Å². The molecule has 1 atom stereocenters. The van der Waals surface area contributed by atoms with Crippen LogP contribution in [0.2, 0.25) is 0 Å². The molecule has 0 saturated heterocycles. The lowest BCUT2D eigenvalue weighted by atomic mass is 9.89. The molecule has 5 nitrogen and oxygen atoms in total. The van der Waals surface area contributed by atoms with Crippen molar-refractivity contribution in [2.75, 3.05) is 5.32 Å². The van der Waals surface area contributed by atoms with E-state index in [2.05, 4.69) is 34.1 Å². The summed E-state index contributed by atoms with van der Waals surface area (Å²) in [7, 11) is 0. The van der Waals surface area contributed by atoms with E-state index in [1.807, 2.05) is 0 Å². The maximum Gasteiger partial charge on any atom is 0.235 e. The van der Waals surface area contributed by atoms with E-state index < -0.39 is 0 Å². The van der Waals surface area contributed by atoms with Gasteiger partial charge in [0.25, 0.3) is 0 Å². The van der Waals surface area contributed by atoms with Crippen molar-refractivity contribution >= 4 is 22.4 Å². The first-order valence-electron chi connectivity index (χ1n) is 8.04. The van der Waals surface area contributed by atoms with Gasteiger partial charge in [0.1, 0.15) is 0 Å². The average Bonchev–Trinajstić information content (AvgIpc) is 3.13. The Kier molecular flexibility index (Phi) is 4.57. The predicted octanol–water partition coefficient (Wildman–Crippen LogP) is 3.44. The Bertz CT molecular complexity index is 661. The zero-order chi connectivity index (χ0) is 15.5. The minimum absolute atomic E-state index is 0.0208. The molecule has 0 aromatic carbocycles. The maximum absolute atomic E-state index is 12.6. The molecule has 1 aliphatic carbocycles. The molecule has 2 aromatic rings. The van der Waals surface area contributed by atoms with E-state index in [4.69, 9.17) is 0 Å². The molecule has 0 radical (unpaired) electrons. The van der Waals surface area contributed by atoms with Crippen molar-refractivity contribution in [3.63, 3.8) is 0 Å². The van der Waals surface area contributed by atoms with Gasteiger partial charge in [-0.15, -0.1) is 11.3 Å². The lowest BCUT2D eigenvalue weighted by Gasteiger charge is -2.19. The van der Waals surface area contributed by atoms with Crippen molar-refractivity contribution in [1.82, 2.24) is 15.0 Å². The summed E-state index contributed by atoms with van der Waals surface area (Å²) in [6.07, 6.45) is 7.57. The molecule has 2 heterocycles. The van der Waals surface area contributed by atoms with Gasteiger partial charge in [-0.2, -0.15) is 0 Å². The van der Waals surface area contributed by atoms with E-state index in [0.717, 1.165) is 60.7 Å². The van der Waals surface area contributed by atoms with E-state index in [1.54, 1.807) is 17.7 Å². The third-order valence-corrected chi connectivity index (χ3v) is 5.29. The molecule has 3 rings (SSSR count). The zero-order valence-corrected chi connectivity index (χ0v) is 13.9. The van der Waals surface area contributed by atoms with E-state index >= 15 is 0 Å². The van der Waals surface area contributed by atoms with Gasteiger partial charge in [0.2, 0.25) is 5.91 Å². The van der Waals surface area contributed by atoms with Crippen LogP contribution in [0.3, 0.4) is 0 Å². The van der Waals surface area contributed by atoms with Crippen molar-refractivity contribution in [1.29, 1.82) is 0 Å². The van der Waals surface area contributed by atoms with Gasteiger partial charge in [-0.25, -0.2) is 9.97 Å². The van der Waals surface area contributed by atoms with Crippen molar-refractivity contribution in [2.45, 2.75) is 58.3 Å². The highest BCUT2D eigenvalue weighted by molar-refractivity contribution is 7.15. The Balaban J connectivity index is 1.75. The quantitative estimate of drug-likeness (QED) is 0.887. The maximum atomic E-state index is 12.6. The van der Waals surface area contributed by atoms with Gasteiger partial charge in [-0.1, -0.05) is 20.3 Å². The third-order valence-electron chi connectivity index (χ3n) is 4.13. The normalized spacial score (nSPS) is 17.3. The molecule has 0 aliphatic heterocycles. The van der Waals surface area contributed by atoms with Gasteiger partial charge in [0, 0.05) is 10.6 Å². The number of carbonyl (C=O) groups is 1.